The molecule has 5 rings (SSSR count). The summed E-state index contributed by atoms with van der Waals surface area (Å²) in [4.78, 5) is 27.2. The number of ether oxygens (including phenoxy) is 1. The molecule has 3 N–H and O–H groups in total. The third kappa shape index (κ3) is 3.83. The van der Waals surface area contributed by atoms with Crippen molar-refractivity contribution in [1.29, 1.82) is 0 Å². The quantitative estimate of drug-likeness (QED) is 0.501. The lowest BCUT2D eigenvalue weighted by Gasteiger charge is -2.29. The van der Waals surface area contributed by atoms with Gasteiger partial charge in [0.2, 0.25) is 11.8 Å². The van der Waals surface area contributed by atoms with Crippen molar-refractivity contribution >= 4 is 34.8 Å². The van der Waals surface area contributed by atoms with E-state index in [1.807, 2.05) is 31.2 Å². The summed E-state index contributed by atoms with van der Waals surface area (Å²) in [5.41, 5.74) is 2.93. The van der Waals surface area contributed by atoms with Gasteiger partial charge in [-0.05, 0) is 67.3 Å². The molecule has 2 amide bonds. The molecule has 2 heterocycles. The van der Waals surface area contributed by atoms with Crippen LogP contribution < -0.4 is 20.7 Å². The average Bonchev–Trinajstić information content (AvgIpc) is 3.34. The lowest BCUT2D eigenvalue weighted by atomic mass is 9.79. The van der Waals surface area contributed by atoms with Crippen LogP contribution >= 0.6 is 11.6 Å². The average molecular weight is 476 g/mol. The number of carbonyl (C=O) groups excluding carboxylic acids is 2. The highest BCUT2D eigenvalue weighted by atomic mass is 35.5. The maximum Gasteiger partial charge on any atom is 0.250 e. The second kappa shape index (κ2) is 8.78. The van der Waals surface area contributed by atoms with E-state index in [9.17, 15) is 9.59 Å². The number of carbonyl (C=O) groups is 2. The van der Waals surface area contributed by atoms with Gasteiger partial charge in [0.25, 0.3) is 0 Å². The monoisotopic (exact) mass is 475 g/mol. The molecule has 34 heavy (non-hydrogen) atoms. The molecular formula is C27H26ClN3O3. The van der Waals surface area contributed by atoms with Gasteiger partial charge in [-0.2, -0.15) is 0 Å². The maximum absolute atomic E-state index is 13.7. The van der Waals surface area contributed by atoms with E-state index in [0.717, 1.165) is 22.4 Å². The number of nitrogens with one attached hydrogen (secondary N) is 3. The van der Waals surface area contributed by atoms with Crippen molar-refractivity contribution in [3.05, 3.63) is 88.4 Å². The third-order valence-electron chi connectivity index (χ3n) is 6.80. The molecule has 6 nitrogen and oxygen atoms in total. The van der Waals surface area contributed by atoms with E-state index in [1.54, 1.807) is 37.4 Å². The van der Waals surface area contributed by atoms with Gasteiger partial charge in [-0.1, -0.05) is 41.9 Å². The molecule has 0 bridgehead atoms. The number of hydrogen-bond donors (Lipinski definition) is 3. The molecule has 0 saturated carbocycles. The van der Waals surface area contributed by atoms with Gasteiger partial charge >= 0.3 is 0 Å². The zero-order valence-electron chi connectivity index (χ0n) is 19.0. The van der Waals surface area contributed by atoms with Crippen LogP contribution in [0.3, 0.4) is 0 Å². The number of halogens is 1. The highest BCUT2D eigenvalue weighted by Crippen LogP contribution is 2.49. The zero-order valence-corrected chi connectivity index (χ0v) is 19.8. The SMILES string of the molecule is COc1ccc(NC(=O)C2CC(Cc3ccccc3)NC23C(=O)Nc2c(C)cc(Cl)cc23)cc1. The summed E-state index contributed by atoms with van der Waals surface area (Å²) in [6.07, 6.45) is 1.21. The Kier molecular flexibility index (Phi) is 5.80. The van der Waals surface area contributed by atoms with E-state index < -0.39 is 11.5 Å². The van der Waals surface area contributed by atoms with Gasteiger partial charge in [0.05, 0.1) is 13.0 Å². The molecule has 0 aromatic heterocycles. The second-order valence-corrected chi connectivity index (χ2v) is 9.38. The molecule has 0 aliphatic carbocycles. The topological polar surface area (TPSA) is 79.5 Å². The molecular weight excluding hydrogens is 450 g/mol. The smallest absolute Gasteiger partial charge is 0.250 e. The van der Waals surface area contributed by atoms with Crippen LogP contribution in [0.2, 0.25) is 5.02 Å². The summed E-state index contributed by atoms with van der Waals surface area (Å²) in [6, 6.07) is 20.8. The molecule has 2 aliphatic heterocycles. The van der Waals surface area contributed by atoms with Crippen molar-refractivity contribution in [2.75, 3.05) is 17.7 Å². The second-order valence-electron chi connectivity index (χ2n) is 8.94. The van der Waals surface area contributed by atoms with Crippen LogP contribution in [0, 0.1) is 12.8 Å². The molecule has 0 radical (unpaired) electrons. The number of benzene rings is 3. The number of rotatable bonds is 5. The summed E-state index contributed by atoms with van der Waals surface area (Å²) < 4.78 is 5.21. The van der Waals surface area contributed by atoms with Crippen molar-refractivity contribution in [1.82, 2.24) is 5.32 Å². The number of hydrogen-bond acceptors (Lipinski definition) is 4. The van der Waals surface area contributed by atoms with Gasteiger partial charge in [-0.15, -0.1) is 0 Å². The molecule has 3 aromatic rings. The largest absolute Gasteiger partial charge is 0.497 e. The summed E-state index contributed by atoms with van der Waals surface area (Å²) in [5.74, 6) is -0.358. The van der Waals surface area contributed by atoms with Gasteiger partial charge in [0.1, 0.15) is 11.3 Å². The molecule has 3 aromatic carbocycles. The highest BCUT2D eigenvalue weighted by molar-refractivity contribution is 6.31. The summed E-state index contributed by atoms with van der Waals surface area (Å²) in [5, 5.41) is 10.1. The van der Waals surface area contributed by atoms with Crippen LogP contribution in [0.5, 0.6) is 5.75 Å². The number of amides is 2. The van der Waals surface area contributed by atoms with E-state index in [1.165, 1.54) is 0 Å². The fourth-order valence-electron chi connectivity index (χ4n) is 5.23. The number of aryl methyl sites for hydroxylation is 1. The Morgan fingerprint density at radius 2 is 1.88 bits per heavy atom. The molecule has 3 unspecified atom stereocenters. The first-order chi connectivity index (χ1) is 16.4. The van der Waals surface area contributed by atoms with Crippen molar-refractivity contribution in [2.45, 2.75) is 31.3 Å². The molecule has 7 heteroatoms. The predicted molar refractivity (Wildman–Crippen MR) is 133 cm³/mol. The minimum Gasteiger partial charge on any atom is -0.497 e. The number of methoxy groups -OCH3 is 1. The fourth-order valence-corrected chi connectivity index (χ4v) is 5.50. The molecule has 174 valence electrons. The summed E-state index contributed by atoms with van der Waals surface area (Å²) in [7, 11) is 1.59. The first kappa shape index (κ1) is 22.4. The number of anilines is 2. The molecule has 2 aliphatic rings. The van der Waals surface area contributed by atoms with Crippen molar-refractivity contribution in [3.8, 4) is 5.75 Å². The van der Waals surface area contributed by atoms with Crippen molar-refractivity contribution in [2.24, 2.45) is 5.92 Å². The molecule has 1 saturated heterocycles. The normalized spacial score (nSPS) is 23.0. The van der Waals surface area contributed by atoms with E-state index in [2.05, 4.69) is 28.1 Å². The van der Waals surface area contributed by atoms with E-state index >= 15 is 0 Å². The first-order valence-electron chi connectivity index (χ1n) is 11.3. The lowest BCUT2D eigenvalue weighted by molar-refractivity contribution is -0.130. The van der Waals surface area contributed by atoms with Crippen molar-refractivity contribution < 1.29 is 14.3 Å². The Bertz CT molecular complexity index is 1250. The van der Waals surface area contributed by atoms with E-state index in [4.69, 9.17) is 16.3 Å². The minimum absolute atomic E-state index is 0.0648. The van der Waals surface area contributed by atoms with Crippen molar-refractivity contribution in [3.63, 3.8) is 0 Å². The Labute approximate surface area is 203 Å². The maximum atomic E-state index is 13.7. The molecule has 1 fully saturated rings. The van der Waals surface area contributed by atoms with Crippen LogP contribution in [-0.4, -0.2) is 25.0 Å². The van der Waals surface area contributed by atoms with E-state index in [-0.39, 0.29) is 17.9 Å². The van der Waals surface area contributed by atoms with Gasteiger partial charge in [0.15, 0.2) is 0 Å². The fraction of sp³-hybridized carbons (Fsp3) is 0.259. The van der Waals surface area contributed by atoms with E-state index in [0.29, 0.717) is 29.3 Å². The van der Waals surface area contributed by atoms with Gasteiger partial charge in [-0.3, -0.25) is 14.9 Å². The highest BCUT2D eigenvalue weighted by Gasteiger charge is 2.60. The van der Waals surface area contributed by atoms with Gasteiger partial charge in [0, 0.05) is 28.0 Å². The van der Waals surface area contributed by atoms with Crippen LogP contribution in [0.4, 0.5) is 11.4 Å². The zero-order chi connectivity index (χ0) is 23.9. The Morgan fingerprint density at radius 1 is 1.15 bits per heavy atom. The minimum atomic E-state index is -1.19. The summed E-state index contributed by atoms with van der Waals surface area (Å²) >= 11 is 6.41. The van der Waals surface area contributed by atoms with Crippen LogP contribution in [-0.2, 0) is 21.5 Å². The molecule has 1 spiro atoms. The Morgan fingerprint density at radius 3 is 2.59 bits per heavy atom. The predicted octanol–water partition coefficient (Wildman–Crippen LogP) is 4.66. The number of fused-ring (bicyclic) bond motifs is 2. The summed E-state index contributed by atoms with van der Waals surface area (Å²) in [6.45, 7) is 1.91. The van der Waals surface area contributed by atoms with Gasteiger partial charge in [-0.25, -0.2) is 0 Å². The molecule has 3 atom stereocenters. The van der Waals surface area contributed by atoms with Crippen LogP contribution in [0.1, 0.15) is 23.1 Å². The van der Waals surface area contributed by atoms with Crippen LogP contribution in [0.25, 0.3) is 0 Å². The lowest BCUT2D eigenvalue weighted by Crippen LogP contribution is -2.52. The first-order valence-corrected chi connectivity index (χ1v) is 11.7. The third-order valence-corrected chi connectivity index (χ3v) is 7.01. The Balaban J connectivity index is 1.52. The Hall–Kier alpha value is -3.35. The van der Waals surface area contributed by atoms with Crippen LogP contribution in [0.15, 0.2) is 66.7 Å². The van der Waals surface area contributed by atoms with Gasteiger partial charge < -0.3 is 15.4 Å². The standard InChI is InChI=1S/C27H26ClN3O3/c1-16-12-18(28)14-22-24(16)30-26(33)27(22)23(15-20(31-27)13-17-6-4-3-5-7-17)25(32)29-19-8-10-21(34-2)11-9-19/h3-12,14,20,23,31H,13,15H2,1-2H3,(H,29,32)(H,30,33).